The Morgan fingerprint density at radius 1 is 0.900 bits per heavy atom. The predicted molar refractivity (Wildman–Crippen MR) is 105 cm³/mol. The summed E-state index contributed by atoms with van der Waals surface area (Å²) in [6.07, 6.45) is 1.44. The number of phenolic OH excluding ortho intramolecular Hbond substituents is 1. The molecule has 0 bridgehead atoms. The number of benzene rings is 1. The first-order valence-corrected chi connectivity index (χ1v) is 10.0. The second-order valence-corrected chi connectivity index (χ2v) is 6.99. The van der Waals surface area contributed by atoms with Crippen molar-refractivity contribution in [1.29, 1.82) is 0 Å². The molecule has 1 aromatic rings. The van der Waals surface area contributed by atoms with Gasteiger partial charge in [-0.05, 0) is 25.0 Å². The number of ether oxygens (including phenoxy) is 1. The number of anilines is 1. The van der Waals surface area contributed by atoms with Gasteiger partial charge in [-0.2, -0.15) is 13.2 Å². The van der Waals surface area contributed by atoms with Crippen LogP contribution in [0.4, 0.5) is 18.9 Å². The summed E-state index contributed by atoms with van der Waals surface area (Å²) in [5.41, 5.74) is 0.272. The fourth-order valence-electron chi connectivity index (χ4n) is 2.77. The lowest BCUT2D eigenvalue weighted by molar-refractivity contribution is -0.199. The highest BCUT2D eigenvalue weighted by molar-refractivity contribution is 6.04. The van der Waals surface area contributed by atoms with Crippen LogP contribution in [0.25, 0.3) is 0 Å². The number of esters is 1. The van der Waals surface area contributed by atoms with Crippen LogP contribution in [-0.4, -0.2) is 35.5 Å². The van der Waals surface area contributed by atoms with Gasteiger partial charge in [0.15, 0.2) is 0 Å². The zero-order valence-electron chi connectivity index (χ0n) is 16.8. The topological polar surface area (TPSA) is 92.7 Å². The highest BCUT2D eigenvalue weighted by atomic mass is 19.4. The maximum absolute atomic E-state index is 11.9. The number of carbonyl (C=O) groups is 3. The van der Waals surface area contributed by atoms with Crippen LogP contribution in [0.1, 0.15) is 64.2 Å². The lowest BCUT2D eigenvalue weighted by atomic mass is 10.0. The van der Waals surface area contributed by atoms with Crippen LogP contribution in [0.5, 0.6) is 5.75 Å². The quantitative estimate of drug-likeness (QED) is 0.189. The molecule has 0 aliphatic carbocycles. The Labute approximate surface area is 173 Å². The molecule has 1 rings (SSSR count). The first-order valence-electron chi connectivity index (χ1n) is 10.0. The minimum absolute atomic E-state index is 0.0550. The molecule has 1 amide bonds. The molecule has 0 spiro atoms. The fraction of sp³-hybridized carbons (Fsp3) is 0.571. The van der Waals surface area contributed by atoms with Gasteiger partial charge < -0.3 is 15.2 Å². The number of carbonyl (C=O) groups excluding carboxylic acids is 3. The largest absolute Gasteiger partial charge is 0.506 e. The van der Waals surface area contributed by atoms with Crippen molar-refractivity contribution in [1.82, 2.24) is 0 Å². The van der Waals surface area contributed by atoms with Gasteiger partial charge in [0, 0.05) is 6.42 Å². The van der Waals surface area contributed by atoms with Gasteiger partial charge in [-0.25, -0.2) is 4.79 Å². The summed E-state index contributed by atoms with van der Waals surface area (Å²) in [5.74, 6) is -2.81. The van der Waals surface area contributed by atoms with Crippen LogP contribution in [0.15, 0.2) is 24.3 Å². The monoisotopic (exact) mass is 431 g/mol. The summed E-state index contributed by atoms with van der Waals surface area (Å²) in [6, 6.07) is 6.29. The number of Topliss-reactive ketones (excluding diaryl/α,β-unsaturated/α-hetero) is 1. The first kappa shape index (κ1) is 25.5. The second kappa shape index (κ2) is 13.6. The van der Waals surface area contributed by atoms with E-state index >= 15 is 0 Å². The predicted octanol–water partition coefficient (Wildman–Crippen LogP) is 4.91. The van der Waals surface area contributed by atoms with Gasteiger partial charge in [0.25, 0.3) is 0 Å². The van der Waals surface area contributed by atoms with Gasteiger partial charge in [0.05, 0.1) is 18.7 Å². The molecule has 0 radical (unpaired) electrons. The lowest BCUT2D eigenvalue weighted by Gasteiger charge is -2.07. The van der Waals surface area contributed by atoms with E-state index in [0.717, 1.165) is 32.1 Å². The second-order valence-electron chi connectivity index (χ2n) is 6.99. The van der Waals surface area contributed by atoms with Crippen molar-refractivity contribution in [2.75, 3.05) is 11.9 Å². The normalized spacial score (nSPS) is 11.2. The standard InChI is InChI=1S/C21H28F3NO5/c22-21(23,24)20(29)30-14-10-6-4-2-1-3-5-7-11-16(26)15-19(28)25-17-12-8-9-13-18(17)27/h8-9,12-13,27H,1-7,10-11,14-15H2,(H,25,28). The zero-order chi connectivity index (χ0) is 22.4. The number of phenols is 1. The van der Waals surface area contributed by atoms with Gasteiger partial charge in [0.1, 0.15) is 11.5 Å². The van der Waals surface area contributed by atoms with E-state index in [2.05, 4.69) is 10.1 Å². The third-order valence-electron chi connectivity index (χ3n) is 4.35. The number of alkyl halides is 3. The minimum Gasteiger partial charge on any atom is -0.506 e. The van der Waals surface area contributed by atoms with E-state index in [1.165, 1.54) is 6.07 Å². The number of unbranched alkanes of at least 4 members (excludes halogenated alkanes) is 7. The number of hydrogen-bond acceptors (Lipinski definition) is 5. The van der Waals surface area contributed by atoms with E-state index in [1.807, 2.05) is 0 Å². The van der Waals surface area contributed by atoms with Crippen LogP contribution in [0.2, 0.25) is 0 Å². The van der Waals surface area contributed by atoms with Crippen molar-refractivity contribution in [2.24, 2.45) is 0 Å². The number of nitrogens with one attached hydrogen (secondary N) is 1. The molecular weight excluding hydrogens is 403 g/mol. The maximum Gasteiger partial charge on any atom is 0.490 e. The summed E-state index contributed by atoms with van der Waals surface area (Å²) in [6.45, 7) is -0.224. The van der Waals surface area contributed by atoms with Crippen molar-refractivity contribution in [3.05, 3.63) is 24.3 Å². The van der Waals surface area contributed by atoms with E-state index < -0.39 is 18.1 Å². The van der Waals surface area contributed by atoms with E-state index in [4.69, 9.17) is 0 Å². The Kier molecular flexibility index (Phi) is 11.5. The summed E-state index contributed by atoms with van der Waals surface area (Å²) >= 11 is 0. The third-order valence-corrected chi connectivity index (χ3v) is 4.35. The fourth-order valence-corrected chi connectivity index (χ4v) is 2.77. The van der Waals surface area contributed by atoms with E-state index in [0.29, 0.717) is 25.7 Å². The average molecular weight is 431 g/mol. The summed E-state index contributed by atoms with van der Waals surface area (Å²) < 4.78 is 39.9. The highest BCUT2D eigenvalue weighted by Gasteiger charge is 2.40. The van der Waals surface area contributed by atoms with Crippen molar-refractivity contribution < 1.29 is 37.4 Å². The van der Waals surface area contributed by atoms with Crippen LogP contribution >= 0.6 is 0 Å². The molecule has 1 aromatic carbocycles. The van der Waals surface area contributed by atoms with Gasteiger partial charge in [-0.3, -0.25) is 9.59 Å². The minimum atomic E-state index is -4.93. The van der Waals surface area contributed by atoms with Gasteiger partial charge >= 0.3 is 12.1 Å². The average Bonchev–Trinajstić information content (AvgIpc) is 2.66. The van der Waals surface area contributed by atoms with Gasteiger partial charge in [0.2, 0.25) is 5.91 Å². The molecule has 0 unspecified atom stereocenters. The third kappa shape index (κ3) is 11.4. The van der Waals surface area contributed by atoms with Crippen molar-refractivity contribution >= 4 is 23.3 Å². The van der Waals surface area contributed by atoms with Crippen molar-refractivity contribution in [3.63, 3.8) is 0 Å². The summed E-state index contributed by atoms with van der Waals surface area (Å²) in [7, 11) is 0. The molecule has 6 nitrogen and oxygen atoms in total. The van der Waals surface area contributed by atoms with Gasteiger partial charge in [-0.1, -0.05) is 50.7 Å². The zero-order valence-corrected chi connectivity index (χ0v) is 16.8. The summed E-state index contributed by atoms with van der Waals surface area (Å²) in [4.78, 5) is 34.2. The Hall–Kier alpha value is -2.58. The summed E-state index contributed by atoms with van der Waals surface area (Å²) in [5, 5.41) is 12.1. The number of halogens is 3. The molecular formula is C21H28F3NO5. The highest BCUT2D eigenvalue weighted by Crippen LogP contribution is 2.21. The Balaban J connectivity index is 1.96. The first-order chi connectivity index (χ1) is 14.2. The number of ketones is 1. The van der Waals surface area contributed by atoms with E-state index in [1.54, 1.807) is 18.2 Å². The Morgan fingerprint density at radius 3 is 2.07 bits per heavy atom. The molecule has 0 aliphatic rings. The number of para-hydroxylation sites is 2. The maximum atomic E-state index is 11.9. The molecule has 9 heteroatoms. The Morgan fingerprint density at radius 2 is 1.47 bits per heavy atom. The molecule has 0 saturated carbocycles. The van der Waals surface area contributed by atoms with E-state index in [9.17, 15) is 32.7 Å². The molecule has 0 aromatic heterocycles. The Bertz CT molecular complexity index is 691. The molecule has 0 fully saturated rings. The molecule has 0 atom stereocenters. The number of amides is 1. The number of rotatable bonds is 14. The number of hydrogen-bond donors (Lipinski definition) is 2. The number of aromatic hydroxyl groups is 1. The van der Waals surface area contributed by atoms with Crippen LogP contribution in [0, 0.1) is 0 Å². The van der Waals surface area contributed by atoms with Crippen LogP contribution in [0.3, 0.4) is 0 Å². The van der Waals surface area contributed by atoms with Crippen molar-refractivity contribution in [2.45, 2.75) is 70.4 Å². The van der Waals surface area contributed by atoms with Crippen molar-refractivity contribution in [3.8, 4) is 5.75 Å². The van der Waals surface area contributed by atoms with E-state index in [-0.39, 0.29) is 30.2 Å². The van der Waals surface area contributed by atoms with Crippen LogP contribution < -0.4 is 5.32 Å². The molecule has 168 valence electrons. The van der Waals surface area contributed by atoms with Gasteiger partial charge in [-0.15, -0.1) is 0 Å². The molecule has 0 aliphatic heterocycles. The molecule has 30 heavy (non-hydrogen) atoms. The van der Waals surface area contributed by atoms with Crippen LogP contribution in [-0.2, 0) is 19.1 Å². The SMILES string of the molecule is O=C(CCCCCCCCCCOC(=O)C(F)(F)F)CC(=O)Nc1ccccc1O. The molecule has 0 heterocycles. The molecule has 2 N–H and O–H groups in total. The lowest BCUT2D eigenvalue weighted by Crippen LogP contribution is -2.25. The molecule has 0 saturated heterocycles. The smallest absolute Gasteiger partial charge is 0.490 e.